The number of aliphatic carboxylic acids is 1. The molecule has 0 atom stereocenters. The number of carboxylic acid groups (broad SMARTS) is 1. The van der Waals surface area contributed by atoms with Crippen molar-refractivity contribution in [3.8, 4) is 0 Å². The third kappa shape index (κ3) is 3.28. The largest absolute Gasteiger partial charge is 0.481 e. The second-order valence-electron chi connectivity index (χ2n) is 4.87. The van der Waals surface area contributed by atoms with Gasteiger partial charge in [0.1, 0.15) is 5.69 Å². The molecule has 0 bridgehead atoms. The Balaban J connectivity index is 2.37. The van der Waals surface area contributed by atoms with Gasteiger partial charge in [-0.05, 0) is 18.1 Å². The standard InChI is InChI=1S/C13H15N3O5/c1-15(5-4-13(18)19)10-6-8-2-3-12(17)14-9(8)7-11(10)16(20)21/h6-7H,2-5H2,1H3,(H,14,17)(H,18,19). The van der Waals surface area contributed by atoms with Gasteiger partial charge in [-0.1, -0.05) is 0 Å². The maximum absolute atomic E-state index is 11.3. The molecule has 0 aromatic heterocycles. The molecule has 8 heteroatoms. The smallest absolute Gasteiger partial charge is 0.305 e. The van der Waals surface area contributed by atoms with Gasteiger partial charge in [0.05, 0.1) is 17.0 Å². The summed E-state index contributed by atoms with van der Waals surface area (Å²) in [6, 6.07) is 2.98. The van der Waals surface area contributed by atoms with Crippen molar-refractivity contribution in [1.29, 1.82) is 0 Å². The van der Waals surface area contributed by atoms with Crippen molar-refractivity contribution in [1.82, 2.24) is 0 Å². The van der Waals surface area contributed by atoms with Gasteiger partial charge in [-0.25, -0.2) is 0 Å². The number of carbonyl (C=O) groups excluding carboxylic acids is 1. The highest BCUT2D eigenvalue weighted by atomic mass is 16.6. The Morgan fingerprint density at radius 2 is 2.19 bits per heavy atom. The van der Waals surface area contributed by atoms with Crippen LogP contribution in [0, 0.1) is 10.1 Å². The van der Waals surface area contributed by atoms with Gasteiger partial charge in [-0.3, -0.25) is 19.7 Å². The van der Waals surface area contributed by atoms with E-state index >= 15 is 0 Å². The monoisotopic (exact) mass is 293 g/mol. The maximum Gasteiger partial charge on any atom is 0.305 e. The zero-order chi connectivity index (χ0) is 15.6. The molecule has 0 radical (unpaired) electrons. The van der Waals surface area contributed by atoms with E-state index in [9.17, 15) is 19.7 Å². The topological polar surface area (TPSA) is 113 Å². The molecule has 1 amide bonds. The van der Waals surface area contributed by atoms with Gasteiger partial charge in [0.25, 0.3) is 5.69 Å². The van der Waals surface area contributed by atoms with Crippen LogP contribution in [-0.2, 0) is 16.0 Å². The molecule has 0 fully saturated rings. The van der Waals surface area contributed by atoms with Crippen molar-refractivity contribution in [3.63, 3.8) is 0 Å². The van der Waals surface area contributed by atoms with E-state index in [1.165, 1.54) is 6.07 Å². The number of hydrogen-bond acceptors (Lipinski definition) is 5. The summed E-state index contributed by atoms with van der Waals surface area (Å²) < 4.78 is 0. The average molecular weight is 293 g/mol. The van der Waals surface area contributed by atoms with Gasteiger partial charge in [0.15, 0.2) is 0 Å². The van der Waals surface area contributed by atoms with Gasteiger partial charge in [-0.2, -0.15) is 0 Å². The number of carboxylic acids is 1. The predicted octanol–water partition coefficient (Wildman–Crippen LogP) is 1.39. The molecule has 0 spiro atoms. The zero-order valence-corrected chi connectivity index (χ0v) is 11.5. The van der Waals surface area contributed by atoms with Gasteiger partial charge in [0, 0.05) is 26.1 Å². The second kappa shape index (κ2) is 5.78. The lowest BCUT2D eigenvalue weighted by molar-refractivity contribution is -0.384. The molecule has 112 valence electrons. The first-order chi connectivity index (χ1) is 9.88. The van der Waals surface area contributed by atoms with Crippen LogP contribution in [0.2, 0.25) is 0 Å². The average Bonchev–Trinajstić information content (AvgIpc) is 2.43. The molecule has 0 saturated heterocycles. The minimum absolute atomic E-state index is 0.110. The van der Waals surface area contributed by atoms with Crippen molar-refractivity contribution in [2.75, 3.05) is 23.8 Å². The molecule has 8 nitrogen and oxygen atoms in total. The Bertz CT molecular complexity index is 614. The van der Waals surface area contributed by atoms with E-state index in [2.05, 4.69) is 5.32 Å². The van der Waals surface area contributed by atoms with Gasteiger partial charge < -0.3 is 15.3 Å². The summed E-state index contributed by atoms with van der Waals surface area (Å²) >= 11 is 0. The summed E-state index contributed by atoms with van der Waals surface area (Å²) in [6.45, 7) is 0.168. The van der Waals surface area contributed by atoms with Crippen LogP contribution in [0.1, 0.15) is 18.4 Å². The summed E-state index contributed by atoms with van der Waals surface area (Å²) in [5, 5.41) is 22.5. The van der Waals surface area contributed by atoms with Gasteiger partial charge >= 0.3 is 5.97 Å². The number of nitro groups is 1. The number of rotatable bonds is 5. The fourth-order valence-electron chi connectivity index (χ4n) is 2.24. The fraction of sp³-hybridized carbons (Fsp3) is 0.385. The molecule has 2 N–H and O–H groups in total. The second-order valence-corrected chi connectivity index (χ2v) is 4.87. The van der Waals surface area contributed by atoms with E-state index in [0.717, 1.165) is 5.56 Å². The number of nitrogens with one attached hydrogen (secondary N) is 1. The Labute approximate surface area is 120 Å². The fourth-order valence-corrected chi connectivity index (χ4v) is 2.24. The molecular weight excluding hydrogens is 278 g/mol. The van der Waals surface area contributed by atoms with Crippen LogP contribution in [0.4, 0.5) is 17.1 Å². The number of hydrogen-bond donors (Lipinski definition) is 2. The van der Waals surface area contributed by atoms with Gasteiger partial charge in [0.2, 0.25) is 5.91 Å². The summed E-state index contributed by atoms with van der Waals surface area (Å²) in [5.41, 5.74) is 1.48. The normalized spacial score (nSPS) is 13.3. The maximum atomic E-state index is 11.3. The Morgan fingerprint density at radius 3 is 2.81 bits per heavy atom. The first-order valence-corrected chi connectivity index (χ1v) is 6.42. The summed E-state index contributed by atoms with van der Waals surface area (Å²) in [6.07, 6.45) is 0.740. The van der Waals surface area contributed by atoms with Crippen LogP contribution in [0.3, 0.4) is 0 Å². The van der Waals surface area contributed by atoms with Crippen LogP contribution in [0.5, 0.6) is 0 Å². The van der Waals surface area contributed by atoms with Crippen molar-refractivity contribution < 1.29 is 19.6 Å². The third-order valence-corrected chi connectivity index (χ3v) is 3.36. The number of fused-ring (bicyclic) bond motifs is 1. The van der Waals surface area contributed by atoms with Crippen molar-refractivity contribution >= 4 is 28.9 Å². The number of amides is 1. The molecule has 1 aromatic carbocycles. The number of aryl methyl sites for hydroxylation is 1. The number of nitrogens with zero attached hydrogens (tertiary/aromatic N) is 2. The molecule has 0 saturated carbocycles. The highest BCUT2D eigenvalue weighted by molar-refractivity contribution is 5.95. The molecule has 1 aliphatic rings. The third-order valence-electron chi connectivity index (χ3n) is 3.36. The van der Waals surface area contributed by atoms with E-state index in [-0.39, 0.29) is 24.6 Å². The molecule has 1 heterocycles. The molecule has 1 aliphatic heterocycles. The number of nitro benzene ring substituents is 1. The lowest BCUT2D eigenvalue weighted by atomic mass is 10.0. The van der Waals surface area contributed by atoms with Crippen LogP contribution in [-0.4, -0.2) is 35.5 Å². The number of anilines is 2. The molecule has 0 unspecified atom stereocenters. The molecule has 2 rings (SSSR count). The van der Waals surface area contributed by atoms with Crippen molar-refractivity contribution in [2.24, 2.45) is 0 Å². The summed E-state index contributed by atoms with van der Waals surface area (Å²) in [5.74, 6) is -1.13. The quantitative estimate of drug-likeness (QED) is 0.626. The minimum atomic E-state index is -0.963. The first-order valence-electron chi connectivity index (χ1n) is 6.42. The van der Waals surface area contributed by atoms with E-state index in [1.54, 1.807) is 18.0 Å². The van der Waals surface area contributed by atoms with Crippen LogP contribution in [0.25, 0.3) is 0 Å². The number of benzene rings is 1. The Hall–Kier alpha value is -2.64. The molecule has 21 heavy (non-hydrogen) atoms. The first kappa shape index (κ1) is 14.8. The number of carbonyl (C=O) groups is 2. The van der Waals surface area contributed by atoms with Crippen LogP contribution < -0.4 is 10.2 Å². The molecule has 1 aromatic rings. The van der Waals surface area contributed by atoms with E-state index < -0.39 is 10.9 Å². The van der Waals surface area contributed by atoms with Crippen molar-refractivity contribution in [3.05, 3.63) is 27.8 Å². The highest BCUT2D eigenvalue weighted by Gasteiger charge is 2.24. The predicted molar refractivity (Wildman–Crippen MR) is 75.6 cm³/mol. The van der Waals surface area contributed by atoms with Crippen LogP contribution >= 0.6 is 0 Å². The highest BCUT2D eigenvalue weighted by Crippen LogP contribution is 2.35. The van der Waals surface area contributed by atoms with Crippen LogP contribution in [0.15, 0.2) is 12.1 Å². The Morgan fingerprint density at radius 1 is 1.48 bits per heavy atom. The molecule has 0 aliphatic carbocycles. The SMILES string of the molecule is CN(CCC(=O)O)c1cc2c(cc1[N+](=O)[O-])NC(=O)CC2. The lowest BCUT2D eigenvalue weighted by Gasteiger charge is -2.22. The summed E-state index contributed by atoms with van der Waals surface area (Å²) in [4.78, 5) is 34.2. The lowest BCUT2D eigenvalue weighted by Crippen LogP contribution is -2.24. The van der Waals surface area contributed by atoms with E-state index in [0.29, 0.717) is 24.2 Å². The Kier molecular flexibility index (Phi) is 4.06. The molecular formula is C13H15N3O5. The van der Waals surface area contributed by atoms with Gasteiger partial charge in [-0.15, -0.1) is 0 Å². The van der Waals surface area contributed by atoms with Crippen molar-refractivity contribution in [2.45, 2.75) is 19.3 Å². The van der Waals surface area contributed by atoms with E-state index in [1.807, 2.05) is 0 Å². The van der Waals surface area contributed by atoms with E-state index in [4.69, 9.17) is 5.11 Å². The minimum Gasteiger partial charge on any atom is -0.481 e. The zero-order valence-electron chi connectivity index (χ0n) is 11.5. The summed E-state index contributed by atoms with van der Waals surface area (Å²) in [7, 11) is 1.61.